The standard InChI is InChI=1S/C21H26O5/c1-2-3-4-15-25-18-12-8-17(9-13-18)21(24)26-19-10-5-16(6-11-19)7-14-20(22)23/h2,5-7,10-11,14,17-18H,1,3-4,8-9,12-13,15H2,(H,22,23)/b14-7+. The molecule has 1 saturated carbocycles. The first kappa shape index (κ1) is 19.9. The van der Waals surface area contributed by atoms with Gasteiger partial charge in [-0.3, -0.25) is 4.79 Å². The molecule has 0 aliphatic heterocycles. The number of carboxylic acids is 1. The van der Waals surface area contributed by atoms with E-state index in [-0.39, 0.29) is 18.0 Å². The van der Waals surface area contributed by atoms with Crippen molar-refractivity contribution in [1.29, 1.82) is 0 Å². The molecule has 5 nitrogen and oxygen atoms in total. The fraction of sp³-hybridized carbons (Fsp3) is 0.429. The van der Waals surface area contributed by atoms with Crippen LogP contribution >= 0.6 is 0 Å². The van der Waals surface area contributed by atoms with Gasteiger partial charge in [0, 0.05) is 12.7 Å². The van der Waals surface area contributed by atoms with Crippen LogP contribution in [0.15, 0.2) is 43.0 Å². The van der Waals surface area contributed by atoms with E-state index >= 15 is 0 Å². The van der Waals surface area contributed by atoms with Gasteiger partial charge in [-0.25, -0.2) is 4.79 Å². The molecule has 1 aliphatic rings. The predicted octanol–water partition coefficient (Wildman–Crippen LogP) is 4.23. The number of rotatable bonds is 9. The van der Waals surface area contributed by atoms with Gasteiger partial charge >= 0.3 is 11.9 Å². The number of carbonyl (C=O) groups excluding carboxylic acids is 1. The minimum Gasteiger partial charge on any atom is -0.478 e. The van der Waals surface area contributed by atoms with Gasteiger partial charge in [0.25, 0.3) is 0 Å². The number of esters is 1. The van der Waals surface area contributed by atoms with Crippen LogP contribution in [0.4, 0.5) is 0 Å². The molecule has 5 heteroatoms. The van der Waals surface area contributed by atoms with Crippen molar-refractivity contribution >= 4 is 18.0 Å². The summed E-state index contributed by atoms with van der Waals surface area (Å²) in [5.74, 6) is -0.815. The molecule has 0 amide bonds. The normalized spacial score (nSPS) is 20.0. The first-order valence-corrected chi connectivity index (χ1v) is 9.03. The van der Waals surface area contributed by atoms with Crippen molar-refractivity contribution in [2.75, 3.05) is 6.61 Å². The molecule has 0 aromatic heterocycles. The Labute approximate surface area is 154 Å². The van der Waals surface area contributed by atoms with E-state index in [1.807, 2.05) is 6.08 Å². The molecule has 140 valence electrons. The van der Waals surface area contributed by atoms with Gasteiger partial charge in [0.2, 0.25) is 0 Å². The van der Waals surface area contributed by atoms with Crippen molar-refractivity contribution < 1.29 is 24.2 Å². The molecule has 1 aliphatic carbocycles. The van der Waals surface area contributed by atoms with Gasteiger partial charge in [-0.2, -0.15) is 0 Å². The molecule has 26 heavy (non-hydrogen) atoms. The number of carboxylic acid groups (broad SMARTS) is 1. The molecule has 0 atom stereocenters. The van der Waals surface area contributed by atoms with E-state index in [1.165, 1.54) is 6.08 Å². The van der Waals surface area contributed by atoms with Crippen molar-refractivity contribution in [3.63, 3.8) is 0 Å². The van der Waals surface area contributed by atoms with Gasteiger partial charge in [0.1, 0.15) is 5.75 Å². The van der Waals surface area contributed by atoms with Crippen LogP contribution < -0.4 is 4.74 Å². The molecule has 1 N–H and O–H groups in total. The number of hydrogen-bond acceptors (Lipinski definition) is 4. The Morgan fingerprint density at radius 2 is 1.85 bits per heavy atom. The van der Waals surface area contributed by atoms with Crippen LogP contribution in [0.3, 0.4) is 0 Å². The summed E-state index contributed by atoms with van der Waals surface area (Å²) in [5.41, 5.74) is 0.737. The smallest absolute Gasteiger partial charge is 0.328 e. The highest BCUT2D eigenvalue weighted by molar-refractivity contribution is 5.85. The zero-order valence-electron chi connectivity index (χ0n) is 14.9. The lowest BCUT2D eigenvalue weighted by Gasteiger charge is -2.27. The second-order valence-electron chi connectivity index (χ2n) is 6.44. The maximum atomic E-state index is 12.3. The molecule has 0 heterocycles. The lowest BCUT2D eigenvalue weighted by atomic mass is 9.87. The van der Waals surface area contributed by atoms with Crippen LogP contribution in [0.25, 0.3) is 6.08 Å². The zero-order valence-corrected chi connectivity index (χ0v) is 14.9. The Morgan fingerprint density at radius 1 is 1.15 bits per heavy atom. The molecule has 1 aromatic rings. The molecular formula is C21H26O5. The summed E-state index contributed by atoms with van der Waals surface area (Å²) in [6.07, 6.45) is 9.97. The highest BCUT2D eigenvalue weighted by Crippen LogP contribution is 2.28. The monoisotopic (exact) mass is 358 g/mol. The van der Waals surface area contributed by atoms with Crippen molar-refractivity contribution in [1.82, 2.24) is 0 Å². The van der Waals surface area contributed by atoms with E-state index in [0.29, 0.717) is 5.75 Å². The van der Waals surface area contributed by atoms with Crippen molar-refractivity contribution in [3.8, 4) is 5.75 Å². The fourth-order valence-corrected chi connectivity index (χ4v) is 2.96. The predicted molar refractivity (Wildman–Crippen MR) is 99.9 cm³/mol. The number of aliphatic carboxylic acids is 1. The second-order valence-corrected chi connectivity index (χ2v) is 6.44. The molecule has 1 aromatic carbocycles. The Morgan fingerprint density at radius 3 is 2.46 bits per heavy atom. The fourth-order valence-electron chi connectivity index (χ4n) is 2.96. The van der Waals surface area contributed by atoms with E-state index < -0.39 is 5.97 Å². The third kappa shape index (κ3) is 6.84. The van der Waals surface area contributed by atoms with Gasteiger partial charge in [-0.05, 0) is 62.3 Å². The number of hydrogen-bond donors (Lipinski definition) is 1. The average Bonchev–Trinajstić information content (AvgIpc) is 2.65. The third-order valence-electron chi connectivity index (χ3n) is 4.43. The number of benzene rings is 1. The summed E-state index contributed by atoms with van der Waals surface area (Å²) in [4.78, 5) is 22.8. The Balaban J connectivity index is 1.75. The first-order valence-electron chi connectivity index (χ1n) is 9.03. The molecule has 0 spiro atoms. The largest absolute Gasteiger partial charge is 0.478 e. The lowest BCUT2D eigenvalue weighted by Crippen LogP contribution is -2.29. The van der Waals surface area contributed by atoms with Crippen LogP contribution in [-0.4, -0.2) is 29.8 Å². The second kappa shape index (κ2) is 10.6. The summed E-state index contributed by atoms with van der Waals surface area (Å²) < 4.78 is 11.3. The van der Waals surface area contributed by atoms with Gasteiger partial charge < -0.3 is 14.6 Å². The van der Waals surface area contributed by atoms with Gasteiger partial charge in [-0.1, -0.05) is 18.2 Å². The molecule has 0 radical (unpaired) electrons. The van der Waals surface area contributed by atoms with E-state index in [4.69, 9.17) is 14.6 Å². The minimum absolute atomic E-state index is 0.0883. The number of allylic oxidation sites excluding steroid dienone is 1. The van der Waals surface area contributed by atoms with Gasteiger partial charge in [-0.15, -0.1) is 6.58 Å². The summed E-state index contributed by atoms with van der Waals surface area (Å²) >= 11 is 0. The minimum atomic E-state index is -0.999. The van der Waals surface area contributed by atoms with Crippen molar-refractivity contribution in [2.24, 2.45) is 5.92 Å². The maximum absolute atomic E-state index is 12.3. The molecule has 0 bridgehead atoms. The van der Waals surface area contributed by atoms with E-state index in [1.54, 1.807) is 24.3 Å². The first-order chi connectivity index (χ1) is 12.6. The summed E-state index contributed by atoms with van der Waals surface area (Å²) in [5, 5.41) is 8.61. The molecule has 2 rings (SSSR count). The zero-order chi connectivity index (χ0) is 18.8. The van der Waals surface area contributed by atoms with E-state index in [9.17, 15) is 9.59 Å². The van der Waals surface area contributed by atoms with Crippen molar-refractivity contribution in [3.05, 3.63) is 48.6 Å². The maximum Gasteiger partial charge on any atom is 0.328 e. The Hall–Kier alpha value is -2.40. The van der Waals surface area contributed by atoms with Crippen LogP contribution in [0.5, 0.6) is 5.75 Å². The van der Waals surface area contributed by atoms with Gasteiger partial charge in [0.05, 0.1) is 12.0 Å². The summed E-state index contributed by atoms with van der Waals surface area (Å²) in [6, 6.07) is 6.79. The summed E-state index contributed by atoms with van der Waals surface area (Å²) in [7, 11) is 0. The lowest BCUT2D eigenvalue weighted by molar-refractivity contribution is -0.141. The quantitative estimate of drug-likeness (QED) is 0.235. The van der Waals surface area contributed by atoms with Crippen molar-refractivity contribution in [2.45, 2.75) is 44.6 Å². The van der Waals surface area contributed by atoms with E-state index in [2.05, 4.69) is 6.58 Å². The number of carbonyl (C=O) groups is 2. The molecular weight excluding hydrogens is 332 g/mol. The number of unbranched alkanes of at least 4 members (excludes halogenated alkanes) is 1. The number of ether oxygens (including phenoxy) is 2. The van der Waals surface area contributed by atoms with Crippen LogP contribution in [0, 0.1) is 5.92 Å². The van der Waals surface area contributed by atoms with Crippen LogP contribution in [0.2, 0.25) is 0 Å². The van der Waals surface area contributed by atoms with E-state index in [0.717, 1.165) is 56.8 Å². The molecule has 1 fully saturated rings. The molecule has 0 saturated heterocycles. The Kier molecular flexibility index (Phi) is 8.09. The topological polar surface area (TPSA) is 72.8 Å². The van der Waals surface area contributed by atoms with Crippen LogP contribution in [-0.2, 0) is 14.3 Å². The highest BCUT2D eigenvalue weighted by Gasteiger charge is 2.28. The highest BCUT2D eigenvalue weighted by atomic mass is 16.5. The Bertz CT molecular complexity index is 624. The van der Waals surface area contributed by atoms with Crippen LogP contribution in [0.1, 0.15) is 44.1 Å². The van der Waals surface area contributed by atoms with Gasteiger partial charge in [0.15, 0.2) is 0 Å². The SMILES string of the molecule is C=CCCCOC1CCC(C(=O)Oc2ccc(/C=C/C(=O)O)cc2)CC1. The molecule has 0 unspecified atom stereocenters. The average molecular weight is 358 g/mol. The third-order valence-corrected chi connectivity index (χ3v) is 4.43. The summed E-state index contributed by atoms with van der Waals surface area (Å²) in [6.45, 7) is 4.44.